The molecular formula is C14H20N4. The number of nitrogens with zero attached hydrogens (tertiary/aromatic N) is 3. The van der Waals surface area contributed by atoms with Gasteiger partial charge in [-0.05, 0) is 31.7 Å². The maximum absolute atomic E-state index is 8.92. The molecule has 1 aromatic rings. The van der Waals surface area contributed by atoms with Gasteiger partial charge in [0.1, 0.15) is 11.8 Å². The molecule has 0 saturated heterocycles. The van der Waals surface area contributed by atoms with Crippen LogP contribution in [0.15, 0.2) is 6.07 Å². The standard InChI is InChI=1S/C14H20N4/c1-3-11-6-4-5-7-13(11)18-14-16-10(2)8-12(9-15)17-14/h8,11,13H,3-7H2,1-2H3,(H,16,17,18). The van der Waals surface area contributed by atoms with Gasteiger partial charge in [0.15, 0.2) is 0 Å². The van der Waals surface area contributed by atoms with E-state index in [1.54, 1.807) is 6.07 Å². The van der Waals surface area contributed by atoms with Crippen molar-refractivity contribution in [3.8, 4) is 6.07 Å². The summed E-state index contributed by atoms with van der Waals surface area (Å²) in [4.78, 5) is 8.60. The third-order valence-electron chi connectivity index (χ3n) is 3.72. The lowest BCUT2D eigenvalue weighted by Gasteiger charge is -2.31. The highest BCUT2D eigenvalue weighted by Gasteiger charge is 2.24. The molecule has 1 fully saturated rings. The Kier molecular flexibility index (Phi) is 4.14. The summed E-state index contributed by atoms with van der Waals surface area (Å²) < 4.78 is 0. The van der Waals surface area contributed by atoms with E-state index in [0.29, 0.717) is 23.6 Å². The van der Waals surface area contributed by atoms with Crippen molar-refractivity contribution in [1.29, 1.82) is 5.26 Å². The fourth-order valence-corrected chi connectivity index (χ4v) is 2.74. The number of aryl methyl sites for hydroxylation is 1. The predicted octanol–water partition coefficient (Wildman–Crippen LogP) is 3.04. The van der Waals surface area contributed by atoms with Gasteiger partial charge in [-0.15, -0.1) is 0 Å². The van der Waals surface area contributed by atoms with Crippen LogP contribution in [0.25, 0.3) is 0 Å². The van der Waals surface area contributed by atoms with Crippen LogP contribution >= 0.6 is 0 Å². The van der Waals surface area contributed by atoms with Gasteiger partial charge >= 0.3 is 0 Å². The van der Waals surface area contributed by atoms with E-state index < -0.39 is 0 Å². The second kappa shape index (κ2) is 5.81. The van der Waals surface area contributed by atoms with E-state index in [4.69, 9.17) is 5.26 Å². The first kappa shape index (κ1) is 12.8. The van der Waals surface area contributed by atoms with Crippen molar-refractivity contribution in [1.82, 2.24) is 9.97 Å². The molecule has 4 nitrogen and oxygen atoms in total. The van der Waals surface area contributed by atoms with Crippen molar-refractivity contribution in [2.45, 2.75) is 52.0 Å². The zero-order valence-electron chi connectivity index (χ0n) is 11.1. The van der Waals surface area contributed by atoms with Crippen molar-refractivity contribution >= 4 is 5.95 Å². The van der Waals surface area contributed by atoms with Crippen molar-refractivity contribution < 1.29 is 0 Å². The molecule has 0 spiro atoms. The van der Waals surface area contributed by atoms with Crippen LogP contribution < -0.4 is 5.32 Å². The maximum atomic E-state index is 8.92. The van der Waals surface area contributed by atoms with Gasteiger partial charge in [0.05, 0.1) is 0 Å². The molecule has 1 heterocycles. The number of aromatic nitrogens is 2. The summed E-state index contributed by atoms with van der Waals surface area (Å²) in [6.07, 6.45) is 6.25. The van der Waals surface area contributed by atoms with Crippen molar-refractivity contribution in [3.63, 3.8) is 0 Å². The normalized spacial score (nSPS) is 23.4. The summed E-state index contributed by atoms with van der Waals surface area (Å²) in [5.41, 5.74) is 1.28. The minimum absolute atomic E-state index is 0.439. The van der Waals surface area contributed by atoms with Gasteiger partial charge < -0.3 is 5.32 Å². The summed E-state index contributed by atoms with van der Waals surface area (Å²) >= 11 is 0. The smallest absolute Gasteiger partial charge is 0.224 e. The molecule has 1 aliphatic carbocycles. The van der Waals surface area contributed by atoms with E-state index in [9.17, 15) is 0 Å². The Labute approximate surface area is 108 Å². The second-order valence-electron chi connectivity index (χ2n) is 5.03. The minimum atomic E-state index is 0.439. The molecule has 0 radical (unpaired) electrons. The van der Waals surface area contributed by atoms with Crippen molar-refractivity contribution in [2.24, 2.45) is 5.92 Å². The summed E-state index contributed by atoms with van der Waals surface area (Å²) in [7, 11) is 0. The first-order valence-corrected chi connectivity index (χ1v) is 6.75. The quantitative estimate of drug-likeness (QED) is 0.887. The fraction of sp³-hybridized carbons (Fsp3) is 0.643. The Balaban J connectivity index is 2.12. The minimum Gasteiger partial charge on any atom is -0.351 e. The topological polar surface area (TPSA) is 61.6 Å². The molecule has 96 valence electrons. The molecule has 2 atom stereocenters. The van der Waals surface area contributed by atoms with Gasteiger partial charge in [-0.3, -0.25) is 0 Å². The van der Waals surface area contributed by atoms with Crippen LogP contribution in [0.2, 0.25) is 0 Å². The number of hydrogen-bond acceptors (Lipinski definition) is 4. The zero-order valence-corrected chi connectivity index (χ0v) is 11.1. The SMILES string of the molecule is CCC1CCCCC1Nc1nc(C)cc(C#N)n1. The maximum Gasteiger partial charge on any atom is 0.224 e. The fourth-order valence-electron chi connectivity index (χ4n) is 2.74. The molecule has 0 aliphatic heterocycles. The summed E-state index contributed by atoms with van der Waals surface area (Å²) in [6, 6.07) is 4.25. The third kappa shape index (κ3) is 2.98. The molecule has 0 amide bonds. The van der Waals surface area contributed by atoms with E-state index in [0.717, 1.165) is 5.69 Å². The van der Waals surface area contributed by atoms with E-state index in [-0.39, 0.29) is 0 Å². The van der Waals surface area contributed by atoms with Crippen LogP contribution in [0.1, 0.15) is 50.4 Å². The Morgan fingerprint density at radius 2 is 2.17 bits per heavy atom. The average molecular weight is 244 g/mol. The van der Waals surface area contributed by atoms with Crippen molar-refractivity contribution in [3.05, 3.63) is 17.5 Å². The van der Waals surface area contributed by atoms with Crippen LogP contribution in [0.3, 0.4) is 0 Å². The lowest BCUT2D eigenvalue weighted by molar-refractivity contribution is 0.316. The highest BCUT2D eigenvalue weighted by atomic mass is 15.1. The van der Waals surface area contributed by atoms with Crippen LogP contribution in [-0.4, -0.2) is 16.0 Å². The zero-order chi connectivity index (χ0) is 13.0. The lowest BCUT2D eigenvalue weighted by Crippen LogP contribution is -2.32. The second-order valence-corrected chi connectivity index (χ2v) is 5.03. The molecule has 2 unspecified atom stereocenters. The predicted molar refractivity (Wildman–Crippen MR) is 71.1 cm³/mol. The van der Waals surface area contributed by atoms with E-state index in [1.807, 2.05) is 6.92 Å². The van der Waals surface area contributed by atoms with E-state index in [1.165, 1.54) is 32.1 Å². The van der Waals surface area contributed by atoms with Crippen LogP contribution in [0, 0.1) is 24.2 Å². The molecule has 0 aromatic carbocycles. The van der Waals surface area contributed by atoms with E-state index >= 15 is 0 Å². The van der Waals surface area contributed by atoms with Crippen molar-refractivity contribution in [2.75, 3.05) is 5.32 Å². The first-order chi connectivity index (χ1) is 8.72. The monoisotopic (exact) mass is 244 g/mol. The van der Waals surface area contributed by atoms with Gasteiger partial charge in [-0.2, -0.15) is 5.26 Å². The highest BCUT2D eigenvalue weighted by Crippen LogP contribution is 2.28. The first-order valence-electron chi connectivity index (χ1n) is 6.75. The molecule has 1 N–H and O–H groups in total. The largest absolute Gasteiger partial charge is 0.351 e. The van der Waals surface area contributed by atoms with Gasteiger partial charge in [-0.1, -0.05) is 26.2 Å². The molecule has 18 heavy (non-hydrogen) atoms. The van der Waals surface area contributed by atoms with Crippen LogP contribution in [0.5, 0.6) is 0 Å². The number of hydrogen-bond donors (Lipinski definition) is 1. The number of nitrogens with one attached hydrogen (secondary N) is 1. The Hall–Kier alpha value is -1.63. The van der Waals surface area contributed by atoms with Gasteiger partial charge in [0, 0.05) is 11.7 Å². The third-order valence-corrected chi connectivity index (χ3v) is 3.72. The molecule has 1 saturated carbocycles. The molecule has 4 heteroatoms. The molecule has 2 rings (SSSR count). The number of anilines is 1. The van der Waals surface area contributed by atoms with E-state index in [2.05, 4.69) is 28.3 Å². The van der Waals surface area contributed by atoms with Gasteiger partial charge in [0.2, 0.25) is 5.95 Å². The number of nitriles is 1. The molecule has 1 aromatic heterocycles. The molecule has 1 aliphatic rings. The Morgan fingerprint density at radius 3 is 2.89 bits per heavy atom. The number of rotatable bonds is 3. The van der Waals surface area contributed by atoms with Gasteiger partial charge in [0.25, 0.3) is 0 Å². The average Bonchev–Trinajstić information content (AvgIpc) is 2.38. The Morgan fingerprint density at radius 1 is 1.39 bits per heavy atom. The van der Waals surface area contributed by atoms with Crippen LogP contribution in [0.4, 0.5) is 5.95 Å². The summed E-state index contributed by atoms with van der Waals surface area (Å²) in [5.74, 6) is 1.31. The summed E-state index contributed by atoms with van der Waals surface area (Å²) in [5, 5.41) is 12.3. The lowest BCUT2D eigenvalue weighted by atomic mass is 9.83. The van der Waals surface area contributed by atoms with Crippen LogP contribution in [-0.2, 0) is 0 Å². The Bertz CT molecular complexity index is 450. The summed E-state index contributed by atoms with van der Waals surface area (Å²) in [6.45, 7) is 4.13. The van der Waals surface area contributed by atoms with Gasteiger partial charge in [-0.25, -0.2) is 9.97 Å². The molecule has 0 bridgehead atoms. The highest BCUT2D eigenvalue weighted by molar-refractivity contribution is 5.34. The molecular weight excluding hydrogens is 224 g/mol.